The van der Waals surface area contributed by atoms with E-state index in [2.05, 4.69) is 0 Å². The van der Waals surface area contributed by atoms with Gasteiger partial charge >= 0.3 is 0 Å². The second-order valence-electron chi connectivity index (χ2n) is 3.83. The van der Waals surface area contributed by atoms with Gasteiger partial charge in [0.2, 0.25) is 5.78 Å². The van der Waals surface area contributed by atoms with Gasteiger partial charge in [-0.15, -0.1) is 0 Å². The highest BCUT2D eigenvalue weighted by molar-refractivity contribution is 5.95. The zero-order chi connectivity index (χ0) is 10.7. The van der Waals surface area contributed by atoms with Gasteiger partial charge < -0.3 is 9.52 Å². The van der Waals surface area contributed by atoms with Gasteiger partial charge in [-0.25, -0.2) is 0 Å². The Balaban J connectivity index is 1.91. The van der Waals surface area contributed by atoms with E-state index in [-0.39, 0.29) is 12.4 Å². The van der Waals surface area contributed by atoms with Crippen molar-refractivity contribution in [2.24, 2.45) is 0 Å². The van der Waals surface area contributed by atoms with Crippen LogP contribution in [0.3, 0.4) is 0 Å². The first kappa shape index (κ1) is 10.4. The van der Waals surface area contributed by atoms with Crippen LogP contribution in [0, 0.1) is 0 Å². The minimum atomic E-state index is -0.0136. The highest BCUT2D eigenvalue weighted by Gasteiger charge is 2.30. The maximum absolute atomic E-state index is 11.7. The molecule has 82 valence electrons. The van der Waals surface area contributed by atoms with Gasteiger partial charge in [-0.3, -0.25) is 9.69 Å². The second kappa shape index (κ2) is 4.59. The van der Waals surface area contributed by atoms with E-state index in [1.807, 2.05) is 4.90 Å². The number of carbonyl (C=O) groups is 1. The summed E-state index contributed by atoms with van der Waals surface area (Å²) in [6.07, 6.45) is 3.76. The highest BCUT2D eigenvalue weighted by Crippen LogP contribution is 2.26. The normalized spacial score (nSPS) is 15.9. The fourth-order valence-corrected chi connectivity index (χ4v) is 1.66. The fourth-order valence-electron chi connectivity index (χ4n) is 1.66. The first-order valence-corrected chi connectivity index (χ1v) is 5.23. The molecule has 1 aliphatic rings. The molecule has 1 heterocycles. The van der Waals surface area contributed by atoms with Crippen LogP contribution in [0.5, 0.6) is 0 Å². The molecule has 0 atom stereocenters. The average Bonchev–Trinajstić information content (AvgIpc) is 2.92. The summed E-state index contributed by atoms with van der Waals surface area (Å²) in [7, 11) is 0. The molecule has 1 saturated carbocycles. The van der Waals surface area contributed by atoms with E-state index in [0.29, 0.717) is 24.9 Å². The number of aliphatic hydroxyl groups is 1. The number of nitrogens with zero attached hydrogens (tertiary/aromatic N) is 1. The molecular weight excluding hydrogens is 194 g/mol. The van der Waals surface area contributed by atoms with E-state index in [0.717, 1.165) is 12.8 Å². The molecular formula is C11H15NO3. The quantitative estimate of drug-likeness (QED) is 0.708. The summed E-state index contributed by atoms with van der Waals surface area (Å²) >= 11 is 0. The van der Waals surface area contributed by atoms with Crippen molar-refractivity contribution in [1.29, 1.82) is 0 Å². The van der Waals surface area contributed by atoms with E-state index in [1.54, 1.807) is 12.1 Å². The van der Waals surface area contributed by atoms with E-state index < -0.39 is 0 Å². The zero-order valence-electron chi connectivity index (χ0n) is 8.56. The van der Waals surface area contributed by atoms with Gasteiger partial charge in [-0.2, -0.15) is 0 Å². The summed E-state index contributed by atoms with van der Waals surface area (Å²) in [5, 5.41) is 8.88. The molecule has 0 aromatic carbocycles. The largest absolute Gasteiger partial charge is 0.461 e. The van der Waals surface area contributed by atoms with Crippen LogP contribution in [0.15, 0.2) is 22.8 Å². The predicted octanol–water partition coefficient (Wildman–Crippen LogP) is 0.919. The number of aliphatic hydroxyl groups excluding tert-OH is 1. The Bertz CT molecular complexity index is 317. The molecule has 4 nitrogen and oxygen atoms in total. The van der Waals surface area contributed by atoms with Gasteiger partial charge in [0.25, 0.3) is 0 Å². The lowest BCUT2D eigenvalue weighted by Crippen LogP contribution is -2.34. The van der Waals surface area contributed by atoms with E-state index >= 15 is 0 Å². The Hall–Kier alpha value is -1.13. The second-order valence-corrected chi connectivity index (χ2v) is 3.83. The summed E-state index contributed by atoms with van der Waals surface area (Å²) in [6.45, 7) is 1.01. The number of carbonyl (C=O) groups excluding carboxylic acids is 1. The molecule has 0 bridgehead atoms. The zero-order valence-corrected chi connectivity index (χ0v) is 8.56. The first-order chi connectivity index (χ1) is 7.31. The molecule has 0 amide bonds. The molecule has 0 aliphatic heterocycles. The van der Waals surface area contributed by atoms with Crippen LogP contribution in [-0.4, -0.2) is 41.5 Å². The van der Waals surface area contributed by atoms with Crippen LogP contribution >= 0.6 is 0 Å². The molecule has 0 unspecified atom stereocenters. The molecule has 0 radical (unpaired) electrons. The molecule has 1 aromatic heterocycles. The Morgan fingerprint density at radius 3 is 2.93 bits per heavy atom. The Morgan fingerprint density at radius 2 is 2.40 bits per heavy atom. The Kier molecular flexibility index (Phi) is 3.18. The molecule has 0 spiro atoms. The Labute approximate surface area is 88.5 Å². The highest BCUT2D eigenvalue weighted by atomic mass is 16.3. The van der Waals surface area contributed by atoms with Gasteiger partial charge in [0.05, 0.1) is 19.4 Å². The maximum Gasteiger partial charge on any atom is 0.211 e. The van der Waals surface area contributed by atoms with Crippen LogP contribution in [0.2, 0.25) is 0 Å². The topological polar surface area (TPSA) is 53.7 Å². The Morgan fingerprint density at radius 1 is 1.60 bits per heavy atom. The molecule has 1 fully saturated rings. The molecule has 1 N–H and O–H groups in total. The number of furan rings is 1. The van der Waals surface area contributed by atoms with E-state index in [1.165, 1.54) is 6.26 Å². The van der Waals surface area contributed by atoms with Crippen molar-refractivity contribution in [3.05, 3.63) is 24.2 Å². The van der Waals surface area contributed by atoms with Crippen molar-refractivity contribution in [2.75, 3.05) is 19.7 Å². The minimum absolute atomic E-state index is 0.0136. The first-order valence-electron chi connectivity index (χ1n) is 5.23. The van der Waals surface area contributed by atoms with Gasteiger partial charge in [0.1, 0.15) is 0 Å². The smallest absolute Gasteiger partial charge is 0.211 e. The summed E-state index contributed by atoms with van der Waals surface area (Å²) in [5.74, 6) is 0.388. The minimum Gasteiger partial charge on any atom is -0.461 e. The maximum atomic E-state index is 11.7. The monoisotopic (exact) mass is 209 g/mol. The summed E-state index contributed by atoms with van der Waals surface area (Å²) in [6, 6.07) is 3.86. The van der Waals surface area contributed by atoms with E-state index in [9.17, 15) is 4.79 Å². The van der Waals surface area contributed by atoms with Crippen LogP contribution < -0.4 is 0 Å². The molecule has 0 saturated heterocycles. The van der Waals surface area contributed by atoms with Crippen LogP contribution in [-0.2, 0) is 0 Å². The SMILES string of the molecule is O=C(CN(CCO)C1CC1)c1ccco1. The summed E-state index contributed by atoms with van der Waals surface area (Å²) in [5.41, 5.74) is 0. The van der Waals surface area contributed by atoms with Crippen molar-refractivity contribution in [1.82, 2.24) is 4.90 Å². The predicted molar refractivity (Wildman–Crippen MR) is 54.7 cm³/mol. The molecule has 2 rings (SSSR count). The molecule has 4 heteroatoms. The van der Waals surface area contributed by atoms with Crippen LogP contribution in [0.1, 0.15) is 23.4 Å². The van der Waals surface area contributed by atoms with Gasteiger partial charge in [0.15, 0.2) is 5.76 Å². The van der Waals surface area contributed by atoms with Crippen molar-refractivity contribution >= 4 is 5.78 Å². The molecule has 15 heavy (non-hydrogen) atoms. The lowest BCUT2D eigenvalue weighted by Gasteiger charge is -2.18. The standard InChI is InChI=1S/C11H15NO3/c13-6-5-12(9-3-4-9)8-10(14)11-2-1-7-15-11/h1-2,7,9,13H,3-6,8H2. The number of rotatable bonds is 6. The van der Waals surface area contributed by atoms with Crippen LogP contribution in [0.25, 0.3) is 0 Å². The molecule has 1 aromatic rings. The average molecular weight is 209 g/mol. The third-order valence-corrected chi connectivity index (χ3v) is 2.59. The fraction of sp³-hybridized carbons (Fsp3) is 0.545. The number of Topliss-reactive ketones (excluding diaryl/α,β-unsaturated/α-hetero) is 1. The van der Waals surface area contributed by atoms with Crippen molar-refractivity contribution in [3.63, 3.8) is 0 Å². The number of ketones is 1. The number of hydrogen-bond donors (Lipinski definition) is 1. The van der Waals surface area contributed by atoms with Crippen molar-refractivity contribution in [3.8, 4) is 0 Å². The van der Waals surface area contributed by atoms with Crippen molar-refractivity contribution < 1.29 is 14.3 Å². The third-order valence-electron chi connectivity index (χ3n) is 2.59. The summed E-state index contributed by atoms with van der Waals surface area (Å²) < 4.78 is 5.04. The molecule has 1 aliphatic carbocycles. The number of hydrogen-bond acceptors (Lipinski definition) is 4. The van der Waals surface area contributed by atoms with E-state index in [4.69, 9.17) is 9.52 Å². The lowest BCUT2D eigenvalue weighted by molar-refractivity contribution is 0.0880. The summed E-state index contributed by atoms with van der Waals surface area (Å²) in [4.78, 5) is 13.7. The van der Waals surface area contributed by atoms with Gasteiger partial charge in [0, 0.05) is 12.6 Å². The van der Waals surface area contributed by atoms with Gasteiger partial charge in [-0.1, -0.05) is 0 Å². The van der Waals surface area contributed by atoms with Gasteiger partial charge in [-0.05, 0) is 25.0 Å². The van der Waals surface area contributed by atoms with Crippen LogP contribution in [0.4, 0.5) is 0 Å². The lowest BCUT2D eigenvalue weighted by atomic mass is 10.3. The van der Waals surface area contributed by atoms with Crippen molar-refractivity contribution in [2.45, 2.75) is 18.9 Å². The third kappa shape index (κ3) is 2.67.